The van der Waals surface area contributed by atoms with Gasteiger partial charge in [-0.2, -0.15) is 0 Å². The van der Waals surface area contributed by atoms with Gasteiger partial charge in [-0.05, 0) is 40.8 Å². The van der Waals surface area contributed by atoms with Crippen LogP contribution in [0.15, 0.2) is 35.7 Å². The second kappa shape index (κ2) is 7.28. The highest BCUT2D eigenvalue weighted by molar-refractivity contribution is 14.1. The molecule has 0 aliphatic carbocycles. The van der Waals surface area contributed by atoms with Crippen molar-refractivity contribution in [3.05, 3.63) is 49.2 Å². The Labute approximate surface area is 140 Å². The van der Waals surface area contributed by atoms with E-state index in [1.54, 1.807) is 29.4 Å². The van der Waals surface area contributed by atoms with E-state index in [9.17, 15) is 4.79 Å². The summed E-state index contributed by atoms with van der Waals surface area (Å²) in [5.41, 5.74) is 0.722. The standard InChI is InChI=1S/C14H13ClINO2S/c1-17(14(18)10-8-13(16)20-9-10)6-7-19-12-5-3-2-4-11(12)15/h2-5,8-9H,6-7H2,1H3. The van der Waals surface area contributed by atoms with E-state index in [1.807, 2.05) is 29.6 Å². The zero-order chi connectivity index (χ0) is 14.5. The summed E-state index contributed by atoms with van der Waals surface area (Å²) in [5, 5.41) is 2.45. The fraction of sp³-hybridized carbons (Fsp3) is 0.214. The number of amides is 1. The van der Waals surface area contributed by atoms with Gasteiger partial charge in [-0.1, -0.05) is 23.7 Å². The first-order valence-corrected chi connectivity index (χ1v) is 8.28. The Kier molecular flexibility index (Phi) is 5.68. The Morgan fingerprint density at radius 2 is 2.20 bits per heavy atom. The molecule has 1 heterocycles. The van der Waals surface area contributed by atoms with Gasteiger partial charge in [0.25, 0.3) is 5.91 Å². The Morgan fingerprint density at radius 3 is 2.85 bits per heavy atom. The fourth-order valence-electron chi connectivity index (χ4n) is 1.60. The van der Waals surface area contributed by atoms with Crippen LogP contribution in [0.4, 0.5) is 0 Å². The van der Waals surface area contributed by atoms with E-state index in [4.69, 9.17) is 16.3 Å². The summed E-state index contributed by atoms with van der Waals surface area (Å²) in [6.45, 7) is 0.920. The molecular formula is C14H13ClINO2S. The Balaban J connectivity index is 1.85. The van der Waals surface area contributed by atoms with Crippen LogP contribution in [-0.4, -0.2) is 31.0 Å². The molecule has 0 radical (unpaired) electrons. The topological polar surface area (TPSA) is 29.5 Å². The number of nitrogens with zero attached hydrogens (tertiary/aromatic N) is 1. The van der Waals surface area contributed by atoms with Crippen molar-refractivity contribution in [3.8, 4) is 5.75 Å². The predicted molar refractivity (Wildman–Crippen MR) is 90.9 cm³/mol. The van der Waals surface area contributed by atoms with E-state index < -0.39 is 0 Å². The van der Waals surface area contributed by atoms with Gasteiger partial charge in [0.2, 0.25) is 0 Å². The van der Waals surface area contributed by atoms with Crippen LogP contribution in [-0.2, 0) is 0 Å². The van der Waals surface area contributed by atoms with Crippen molar-refractivity contribution in [1.82, 2.24) is 4.90 Å². The first kappa shape index (κ1) is 15.6. The van der Waals surface area contributed by atoms with E-state index in [1.165, 1.54) is 0 Å². The van der Waals surface area contributed by atoms with E-state index >= 15 is 0 Å². The maximum Gasteiger partial charge on any atom is 0.254 e. The Hall–Kier alpha value is -0.790. The second-order valence-corrected chi connectivity index (χ2v) is 7.36. The lowest BCUT2D eigenvalue weighted by Gasteiger charge is -2.17. The molecule has 20 heavy (non-hydrogen) atoms. The normalized spacial score (nSPS) is 10.3. The molecule has 106 valence electrons. The molecule has 1 amide bonds. The van der Waals surface area contributed by atoms with Crippen molar-refractivity contribution in [2.24, 2.45) is 0 Å². The molecule has 0 saturated carbocycles. The molecule has 0 fully saturated rings. The van der Waals surface area contributed by atoms with Crippen LogP contribution in [0.5, 0.6) is 5.75 Å². The summed E-state index contributed by atoms with van der Waals surface area (Å²) in [4.78, 5) is 13.8. The predicted octanol–water partition coefficient (Wildman–Crippen LogP) is 4.16. The number of hydrogen-bond acceptors (Lipinski definition) is 3. The van der Waals surface area contributed by atoms with Crippen LogP contribution >= 0.6 is 45.5 Å². The minimum absolute atomic E-state index is 0.00641. The first-order chi connectivity index (χ1) is 9.58. The number of ether oxygens (including phenoxy) is 1. The molecule has 2 aromatic rings. The van der Waals surface area contributed by atoms with Crippen molar-refractivity contribution in [1.29, 1.82) is 0 Å². The molecule has 0 bridgehead atoms. The zero-order valence-corrected chi connectivity index (χ0v) is 14.5. The molecule has 0 saturated heterocycles. The molecule has 0 N–H and O–H groups in total. The molecule has 1 aromatic heterocycles. The number of halogens is 2. The Morgan fingerprint density at radius 1 is 1.45 bits per heavy atom. The smallest absolute Gasteiger partial charge is 0.254 e. The lowest BCUT2D eigenvalue weighted by molar-refractivity contribution is 0.0774. The second-order valence-electron chi connectivity index (χ2n) is 4.15. The molecule has 1 aromatic carbocycles. The number of rotatable bonds is 5. The van der Waals surface area contributed by atoms with Crippen molar-refractivity contribution in [2.45, 2.75) is 0 Å². The summed E-state index contributed by atoms with van der Waals surface area (Å²) in [6, 6.07) is 9.19. The molecular weight excluding hydrogens is 409 g/mol. The first-order valence-electron chi connectivity index (χ1n) is 5.95. The molecule has 2 rings (SSSR count). The van der Waals surface area contributed by atoms with Crippen LogP contribution in [0.1, 0.15) is 10.4 Å². The van der Waals surface area contributed by atoms with Crippen LogP contribution in [0.3, 0.4) is 0 Å². The molecule has 0 aliphatic heterocycles. The third-order valence-corrected chi connectivity index (χ3v) is 4.78. The van der Waals surface area contributed by atoms with Gasteiger partial charge in [0.1, 0.15) is 12.4 Å². The molecule has 0 unspecified atom stereocenters. The third-order valence-electron chi connectivity index (χ3n) is 2.68. The van der Waals surface area contributed by atoms with Gasteiger partial charge in [0.15, 0.2) is 0 Å². The highest BCUT2D eigenvalue weighted by atomic mass is 127. The maximum atomic E-state index is 12.1. The van der Waals surface area contributed by atoms with Crippen LogP contribution in [0.2, 0.25) is 5.02 Å². The fourth-order valence-corrected chi connectivity index (χ4v) is 3.11. The third kappa shape index (κ3) is 4.10. The number of benzene rings is 1. The van der Waals surface area contributed by atoms with Gasteiger partial charge in [-0.25, -0.2) is 0 Å². The summed E-state index contributed by atoms with van der Waals surface area (Å²) in [7, 11) is 1.77. The van der Waals surface area contributed by atoms with Gasteiger partial charge in [0, 0.05) is 12.4 Å². The highest BCUT2D eigenvalue weighted by Gasteiger charge is 2.13. The summed E-state index contributed by atoms with van der Waals surface area (Å²) < 4.78 is 6.68. The van der Waals surface area contributed by atoms with Gasteiger partial charge < -0.3 is 9.64 Å². The average molecular weight is 422 g/mol. The average Bonchev–Trinajstić information content (AvgIpc) is 2.86. The van der Waals surface area contributed by atoms with E-state index in [2.05, 4.69) is 22.6 Å². The number of carbonyl (C=O) groups is 1. The van der Waals surface area contributed by atoms with Gasteiger partial charge in [-0.3, -0.25) is 4.79 Å². The zero-order valence-electron chi connectivity index (χ0n) is 10.8. The molecule has 0 spiro atoms. The van der Waals surface area contributed by atoms with E-state index in [-0.39, 0.29) is 5.91 Å². The van der Waals surface area contributed by atoms with Crippen LogP contribution in [0.25, 0.3) is 0 Å². The minimum Gasteiger partial charge on any atom is -0.490 e. The number of thiophene rings is 1. The van der Waals surface area contributed by atoms with Crippen molar-refractivity contribution < 1.29 is 9.53 Å². The molecule has 3 nitrogen and oxygen atoms in total. The summed E-state index contributed by atoms with van der Waals surface area (Å²) in [6.07, 6.45) is 0. The van der Waals surface area contributed by atoms with Crippen LogP contribution in [0, 0.1) is 2.88 Å². The number of hydrogen-bond donors (Lipinski definition) is 0. The summed E-state index contributed by atoms with van der Waals surface area (Å²) >= 11 is 9.76. The highest BCUT2D eigenvalue weighted by Crippen LogP contribution is 2.23. The van der Waals surface area contributed by atoms with Crippen molar-refractivity contribution in [2.75, 3.05) is 20.2 Å². The number of para-hydroxylation sites is 1. The quantitative estimate of drug-likeness (QED) is 0.679. The van der Waals surface area contributed by atoms with Crippen LogP contribution < -0.4 is 4.74 Å². The molecule has 6 heteroatoms. The van der Waals surface area contributed by atoms with E-state index in [0.29, 0.717) is 23.9 Å². The Bertz CT molecular complexity index is 602. The van der Waals surface area contributed by atoms with Gasteiger partial charge in [0.05, 0.1) is 20.0 Å². The number of carbonyl (C=O) groups excluding carboxylic acids is 1. The maximum absolute atomic E-state index is 12.1. The minimum atomic E-state index is 0.00641. The van der Waals surface area contributed by atoms with Gasteiger partial charge >= 0.3 is 0 Å². The van der Waals surface area contributed by atoms with Gasteiger partial charge in [-0.15, -0.1) is 11.3 Å². The van der Waals surface area contributed by atoms with Crippen molar-refractivity contribution in [3.63, 3.8) is 0 Å². The molecule has 0 atom stereocenters. The monoisotopic (exact) mass is 421 g/mol. The summed E-state index contributed by atoms with van der Waals surface area (Å²) in [5.74, 6) is 0.645. The largest absolute Gasteiger partial charge is 0.490 e. The number of likely N-dealkylation sites (N-methyl/N-ethyl adjacent to an activating group) is 1. The lowest BCUT2D eigenvalue weighted by Crippen LogP contribution is -2.30. The van der Waals surface area contributed by atoms with Crippen molar-refractivity contribution >= 4 is 51.4 Å². The SMILES string of the molecule is CN(CCOc1ccccc1Cl)C(=O)c1csc(I)c1. The van der Waals surface area contributed by atoms with E-state index in [0.717, 1.165) is 8.45 Å². The molecule has 0 aliphatic rings. The lowest BCUT2D eigenvalue weighted by atomic mass is 10.3.